The molecule has 1 aliphatic carbocycles. The maximum absolute atomic E-state index is 12.1. The molecule has 1 fully saturated rings. The molecule has 110 valence electrons. The van der Waals surface area contributed by atoms with Crippen LogP contribution in [0.5, 0.6) is 0 Å². The van der Waals surface area contributed by atoms with Crippen molar-refractivity contribution in [2.45, 2.75) is 46.1 Å². The van der Waals surface area contributed by atoms with Gasteiger partial charge in [0.2, 0.25) is 5.91 Å². The van der Waals surface area contributed by atoms with E-state index in [0.717, 1.165) is 19.4 Å². The molecule has 1 rings (SSSR count). The van der Waals surface area contributed by atoms with Crippen molar-refractivity contribution >= 4 is 11.9 Å². The number of nitrogens with zero attached hydrogens (tertiary/aromatic N) is 1. The smallest absolute Gasteiger partial charge is 0.308 e. The summed E-state index contributed by atoms with van der Waals surface area (Å²) in [4.78, 5) is 24.6. The molecule has 5 nitrogen and oxygen atoms in total. The zero-order valence-electron chi connectivity index (χ0n) is 12.1. The van der Waals surface area contributed by atoms with Crippen LogP contribution < -0.4 is 0 Å². The number of hydrogen-bond donors (Lipinski definition) is 1. The van der Waals surface area contributed by atoms with Gasteiger partial charge in [-0.05, 0) is 32.6 Å². The van der Waals surface area contributed by atoms with Gasteiger partial charge in [-0.1, -0.05) is 6.92 Å². The van der Waals surface area contributed by atoms with Crippen molar-refractivity contribution in [1.82, 2.24) is 4.90 Å². The lowest BCUT2D eigenvalue weighted by Gasteiger charge is -2.35. The van der Waals surface area contributed by atoms with Crippen molar-refractivity contribution in [1.29, 1.82) is 0 Å². The molecule has 0 aliphatic heterocycles. The maximum Gasteiger partial charge on any atom is 0.308 e. The monoisotopic (exact) mass is 271 g/mol. The quantitative estimate of drug-likeness (QED) is 0.730. The van der Waals surface area contributed by atoms with Crippen LogP contribution in [-0.2, 0) is 14.3 Å². The summed E-state index contributed by atoms with van der Waals surface area (Å²) in [5.74, 6) is -0.901. The number of hydrogen-bond acceptors (Lipinski definition) is 3. The van der Waals surface area contributed by atoms with Crippen LogP contribution in [0, 0.1) is 11.8 Å². The molecule has 1 atom stereocenters. The number of carboxylic acids is 1. The van der Waals surface area contributed by atoms with Gasteiger partial charge in [-0.2, -0.15) is 0 Å². The van der Waals surface area contributed by atoms with Crippen LogP contribution in [0.3, 0.4) is 0 Å². The number of amides is 1. The van der Waals surface area contributed by atoms with Crippen molar-refractivity contribution in [3.63, 3.8) is 0 Å². The zero-order valence-corrected chi connectivity index (χ0v) is 12.1. The van der Waals surface area contributed by atoms with Crippen molar-refractivity contribution < 1.29 is 19.4 Å². The summed E-state index contributed by atoms with van der Waals surface area (Å²) < 4.78 is 5.47. The molecular formula is C14H25NO4. The van der Waals surface area contributed by atoms with Crippen molar-refractivity contribution in [2.24, 2.45) is 11.8 Å². The lowest BCUT2D eigenvalue weighted by Crippen LogP contribution is -2.40. The number of ether oxygens (including phenoxy) is 1. The van der Waals surface area contributed by atoms with Crippen LogP contribution in [0.4, 0.5) is 0 Å². The minimum atomic E-state index is -0.855. The summed E-state index contributed by atoms with van der Waals surface area (Å²) in [5, 5.41) is 8.89. The molecule has 0 spiro atoms. The van der Waals surface area contributed by atoms with E-state index in [2.05, 4.69) is 0 Å². The lowest BCUT2D eigenvalue weighted by atomic mass is 9.79. The zero-order chi connectivity index (χ0) is 14.4. The first-order valence-electron chi connectivity index (χ1n) is 7.10. The van der Waals surface area contributed by atoms with E-state index in [0.29, 0.717) is 31.5 Å². The van der Waals surface area contributed by atoms with Crippen molar-refractivity contribution in [3.8, 4) is 0 Å². The van der Waals surface area contributed by atoms with Gasteiger partial charge in [0.1, 0.15) is 0 Å². The summed E-state index contributed by atoms with van der Waals surface area (Å²) in [6, 6.07) is 0. The maximum atomic E-state index is 12.1. The molecule has 1 aliphatic rings. The van der Waals surface area contributed by atoms with Gasteiger partial charge in [0.15, 0.2) is 0 Å². The van der Waals surface area contributed by atoms with E-state index >= 15 is 0 Å². The van der Waals surface area contributed by atoms with E-state index in [4.69, 9.17) is 9.84 Å². The molecule has 1 saturated carbocycles. The van der Waals surface area contributed by atoms with Gasteiger partial charge in [0.05, 0.1) is 12.0 Å². The van der Waals surface area contributed by atoms with Gasteiger partial charge in [0.25, 0.3) is 0 Å². The molecule has 0 aromatic rings. The second-order valence-electron chi connectivity index (χ2n) is 5.29. The molecule has 0 aromatic carbocycles. The number of rotatable bonds is 8. The first-order chi connectivity index (χ1) is 8.97. The highest BCUT2D eigenvalue weighted by Gasteiger charge is 2.32. The summed E-state index contributed by atoms with van der Waals surface area (Å²) in [7, 11) is 0. The van der Waals surface area contributed by atoms with E-state index in [1.807, 2.05) is 13.8 Å². The van der Waals surface area contributed by atoms with Crippen LogP contribution in [0.2, 0.25) is 0 Å². The lowest BCUT2D eigenvalue weighted by molar-refractivity contribution is -0.143. The highest BCUT2D eigenvalue weighted by Crippen LogP contribution is 2.33. The first-order valence-corrected chi connectivity index (χ1v) is 7.10. The molecule has 19 heavy (non-hydrogen) atoms. The van der Waals surface area contributed by atoms with E-state index in [1.54, 1.807) is 11.8 Å². The second-order valence-corrected chi connectivity index (χ2v) is 5.29. The Balaban J connectivity index is 2.33. The topological polar surface area (TPSA) is 66.8 Å². The molecule has 0 aromatic heterocycles. The fourth-order valence-electron chi connectivity index (χ4n) is 2.40. The third-order valence-electron chi connectivity index (χ3n) is 3.71. The average Bonchev–Trinajstić information content (AvgIpc) is 2.32. The van der Waals surface area contributed by atoms with Gasteiger partial charge in [0, 0.05) is 26.1 Å². The Morgan fingerprint density at radius 2 is 2.00 bits per heavy atom. The summed E-state index contributed by atoms with van der Waals surface area (Å²) in [6.07, 6.45) is 2.73. The Labute approximate surface area is 114 Å². The van der Waals surface area contributed by atoms with Gasteiger partial charge < -0.3 is 14.7 Å². The third-order valence-corrected chi connectivity index (χ3v) is 3.71. The highest BCUT2D eigenvalue weighted by atomic mass is 16.5. The minimum absolute atomic E-state index is 0.0653. The van der Waals surface area contributed by atoms with Crippen LogP contribution >= 0.6 is 0 Å². The van der Waals surface area contributed by atoms with Crippen molar-refractivity contribution in [2.75, 3.05) is 19.7 Å². The highest BCUT2D eigenvalue weighted by molar-refractivity contribution is 5.77. The van der Waals surface area contributed by atoms with E-state index in [-0.39, 0.29) is 5.91 Å². The van der Waals surface area contributed by atoms with E-state index < -0.39 is 11.9 Å². The number of aliphatic carboxylic acids is 1. The second kappa shape index (κ2) is 7.48. The Bertz CT molecular complexity index is 313. The predicted molar refractivity (Wildman–Crippen MR) is 71.8 cm³/mol. The fraction of sp³-hybridized carbons (Fsp3) is 0.857. The fourth-order valence-corrected chi connectivity index (χ4v) is 2.40. The molecule has 0 radical (unpaired) electrons. The molecule has 1 unspecified atom stereocenters. The average molecular weight is 271 g/mol. The SMILES string of the molecule is CCOC1CC(CC(=O)N(CC)CC(C)C(=O)O)C1. The Kier molecular flexibility index (Phi) is 6.28. The molecule has 0 heterocycles. The molecule has 5 heteroatoms. The molecular weight excluding hydrogens is 246 g/mol. The van der Waals surface area contributed by atoms with Crippen LogP contribution in [0.15, 0.2) is 0 Å². The number of carbonyl (C=O) groups is 2. The summed E-state index contributed by atoms with van der Waals surface area (Å²) in [6.45, 7) is 7.08. The Morgan fingerprint density at radius 3 is 2.47 bits per heavy atom. The normalized spacial score (nSPS) is 23.5. The predicted octanol–water partition coefficient (Wildman–Crippen LogP) is 1.76. The largest absolute Gasteiger partial charge is 0.481 e. The summed E-state index contributed by atoms with van der Waals surface area (Å²) >= 11 is 0. The Hall–Kier alpha value is -1.10. The van der Waals surface area contributed by atoms with Gasteiger partial charge >= 0.3 is 5.97 Å². The molecule has 1 N–H and O–H groups in total. The van der Waals surface area contributed by atoms with Gasteiger partial charge in [-0.15, -0.1) is 0 Å². The minimum Gasteiger partial charge on any atom is -0.481 e. The van der Waals surface area contributed by atoms with Crippen LogP contribution in [-0.4, -0.2) is 47.7 Å². The molecule has 0 saturated heterocycles. The first kappa shape index (κ1) is 16.0. The standard InChI is InChI=1S/C14H25NO4/c1-4-15(9-10(3)14(17)18)13(16)8-11-6-12(7-11)19-5-2/h10-12H,4-9H2,1-3H3,(H,17,18). The summed E-state index contributed by atoms with van der Waals surface area (Å²) in [5.41, 5.74) is 0. The van der Waals surface area contributed by atoms with Gasteiger partial charge in [-0.3, -0.25) is 9.59 Å². The number of carboxylic acid groups (broad SMARTS) is 1. The third kappa shape index (κ3) is 4.82. The van der Waals surface area contributed by atoms with Crippen LogP contribution in [0.25, 0.3) is 0 Å². The number of carbonyl (C=O) groups excluding carboxylic acids is 1. The Morgan fingerprint density at radius 1 is 1.37 bits per heavy atom. The molecule has 0 bridgehead atoms. The molecule has 1 amide bonds. The van der Waals surface area contributed by atoms with Crippen molar-refractivity contribution in [3.05, 3.63) is 0 Å². The van der Waals surface area contributed by atoms with E-state index in [9.17, 15) is 9.59 Å². The van der Waals surface area contributed by atoms with Crippen LogP contribution in [0.1, 0.15) is 40.0 Å². The van der Waals surface area contributed by atoms with E-state index in [1.165, 1.54) is 0 Å². The van der Waals surface area contributed by atoms with Gasteiger partial charge in [-0.25, -0.2) is 0 Å².